The Labute approximate surface area is 127 Å². The molecular weight excluding hydrogens is 292 g/mol. The summed E-state index contributed by atoms with van der Waals surface area (Å²) in [5, 5.41) is 12.4. The highest BCUT2D eigenvalue weighted by atomic mass is 35.5. The van der Waals surface area contributed by atoms with Crippen molar-refractivity contribution in [1.29, 1.82) is 0 Å². The molecule has 0 heterocycles. The van der Waals surface area contributed by atoms with Crippen molar-refractivity contribution in [2.45, 2.75) is 6.92 Å². The Morgan fingerprint density at radius 1 is 1.19 bits per heavy atom. The van der Waals surface area contributed by atoms with Gasteiger partial charge in [-0.25, -0.2) is 0 Å². The molecule has 0 amide bonds. The second-order valence-corrected chi connectivity index (χ2v) is 4.80. The Morgan fingerprint density at radius 3 is 2.62 bits per heavy atom. The van der Waals surface area contributed by atoms with Gasteiger partial charge in [0.1, 0.15) is 17.2 Å². The minimum absolute atomic E-state index is 0.0488. The maximum atomic E-state index is 8.86. The van der Waals surface area contributed by atoms with E-state index in [2.05, 4.69) is 5.16 Å². The third kappa shape index (κ3) is 3.38. The first-order valence-electron chi connectivity index (χ1n) is 6.15. The highest BCUT2D eigenvalue weighted by molar-refractivity contribution is 6.30. The molecule has 0 saturated carbocycles. The van der Waals surface area contributed by atoms with Crippen molar-refractivity contribution in [1.82, 2.24) is 0 Å². The van der Waals surface area contributed by atoms with Gasteiger partial charge >= 0.3 is 0 Å². The number of benzene rings is 2. The first-order chi connectivity index (χ1) is 10.0. The molecule has 0 bridgehead atoms. The zero-order valence-electron chi connectivity index (χ0n) is 11.6. The standard InChI is InChI=1S/C15H15ClN2O3/c1-9-3-4-10(16)7-13(9)21-14-8-11(20-2)5-6-12(14)15(17)18-19/h3-8,19H,1-2H3,(H2,17,18). The number of nitrogens with zero attached hydrogens (tertiary/aromatic N) is 1. The summed E-state index contributed by atoms with van der Waals surface area (Å²) >= 11 is 5.98. The summed E-state index contributed by atoms with van der Waals surface area (Å²) in [5.74, 6) is 1.55. The predicted octanol–water partition coefficient (Wildman–Crippen LogP) is 3.54. The number of aryl methyl sites for hydroxylation is 1. The molecule has 0 aliphatic heterocycles. The van der Waals surface area contributed by atoms with E-state index in [0.29, 0.717) is 27.8 Å². The molecule has 2 rings (SSSR count). The SMILES string of the molecule is COc1ccc(/C(N)=N/O)c(Oc2cc(Cl)ccc2C)c1. The Hall–Kier alpha value is -2.40. The summed E-state index contributed by atoms with van der Waals surface area (Å²) in [6, 6.07) is 10.3. The number of halogens is 1. The first kappa shape index (κ1) is 15.0. The lowest BCUT2D eigenvalue weighted by Gasteiger charge is -2.13. The average Bonchev–Trinajstić information content (AvgIpc) is 2.50. The topological polar surface area (TPSA) is 77.1 Å². The maximum absolute atomic E-state index is 8.86. The largest absolute Gasteiger partial charge is 0.497 e. The molecule has 0 unspecified atom stereocenters. The van der Waals surface area contributed by atoms with Gasteiger partial charge in [0.05, 0.1) is 12.7 Å². The molecule has 0 atom stereocenters. The molecule has 0 aliphatic rings. The summed E-state index contributed by atoms with van der Waals surface area (Å²) in [6.45, 7) is 1.90. The number of hydrogen-bond acceptors (Lipinski definition) is 4. The second kappa shape index (κ2) is 6.37. The van der Waals surface area contributed by atoms with E-state index in [9.17, 15) is 0 Å². The molecule has 110 valence electrons. The van der Waals surface area contributed by atoms with Gasteiger partial charge in [-0.15, -0.1) is 0 Å². The van der Waals surface area contributed by atoms with Crippen LogP contribution < -0.4 is 15.2 Å². The van der Waals surface area contributed by atoms with Crippen molar-refractivity contribution in [2.24, 2.45) is 10.9 Å². The number of oxime groups is 1. The molecule has 0 radical (unpaired) electrons. The number of rotatable bonds is 4. The van der Waals surface area contributed by atoms with Crippen LogP contribution in [0.3, 0.4) is 0 Å². The molecule has 6 heteroatoms. The molecule has 0 saturated heterocycles. The van der Waals surface area contributed by atoms with Gasteiger partial charge in [-0.05, 0) is 36.8 Å². The summed E-state index contributed by atoms with van der Waals surface area (Å²) in [4.78, 5) is 0. The third-order valence-corrected chi connectivity index (χ3v) is 3.18. The van der Waals surface area contributed by atoms with Gasteiger partial charge in [0.2, 0.25) is 0 Å². The van der Waals surface area contributed by atoms with Crippen molar-refractivity contribution >= 4 is 17.4 Å². The summed E-state index contributed by atoms with van der Waals surface area (Å²) < 4.78 is 11.0. The van der Waals surface area contributed by atoms with Crippen LogP contribution in [0.4, 0.5) is 0 Å². The van der Waals surface area contributed by atoms with E-state index in [-0.39, 0.29) is 5.84 Å². The molecule has 2 aromatic rings. The van der Waals surface area contributed by atoms with Crippen LogP contribution in [0.2, 0.25) is 5.02 Å². The zero-order chi connectivity index (χ0) is 15.4. The minimum atomic E-state index is -0.0488. The summed E-state index contributed by atoms with van der Waals surface area (Å²) in [6.07, 6.45) is 0. The molecule has 2 aromatic carbocycles. The Kier molecular flexibility index (Phi) is 4.55. The lowest BCUT2D eigenvalue weighted by atomic mass is 10.1. The third-order valence-electron chi connectivity index (χ3n) is 2.94. The van der Waals surface area contributed by atoms with E-state index < -0.39 is 0 Å². The second-order valence-electron chi connectivity index (χ2n) is 4.36. The van der Waals surface area contributed by atoms with Crippen molar-refractivity contribution < 1.29 is 14.7 Å². The minimum Gasteiger partial charge on any atom is -0.497 e. The number of methoxy groups -OCH3 is 1. The molecular formula is C15H15ClN2O3. The van der Waals surface area contributed by atoms with Gasteiger partial charge in [0, 0.05) is 11.1 Å². The average molecular weight is 307 g/mol. The van der Waals surface area contributed by atoms with Crippen LogP contribution in [0.1, 0.15) is 11.1 Å². The highest BCUT2D eigenvalue weighted by Gasteiger charge is 2.12. The molecule has 0 aliphatic carbocycles. The van der Waals surface area contributed by atoms with Gasteiger partial charge in [0.25, 0.3) is 0 Å². The van der Waals surface area contributed by atoms with E-state index in [1.807, 2.05) is 13.0 Å². The van der Waals surface area contributed by atoms with Crippen LogP contribution in [0.5, 0.6) is 17.2 Å². The smallest absolute Gasteiger partial charge is 0.173 e. The highest BCUT2D eigenvalue weighted by Crippen LogP contribution is 2.32. The normalized spacial score (nSPS) is 11.3. The van der Waals surface area contributed by atoms with Gasteiger partial charge in [0.15, 0.2) is 5.84 Å². The van der Waals surface area contributed by atoms with Gasteiger partial charge in [-0.2, -0.15) is 0 Å². The molecule has 3 N–H and O–H groups in total. The fourth-order valence-corrected chi connectivity index (χ4v) is 1.94. The van der Waals surface area contributed by atoms with Crippen LogP contribution in [-0.4, -0.2) is 18.2 Å². The summed E-state index contributed by atoms with van der Waals surface area (Å²) in [5.41, 5.74) is 7.03. The Balaban J connectivity index is 2.48. The Bertz CT molecular complexity index is 687. The van der Waals surface area contributed by atoms with Crippen LogP contribution in [0.25, 0.3) is 0 Å². The van der Waals surface area contributed by atoms with E-state index in [1.54, 1.807) is 37.4 Å². The summed E-state index contributed by atoms with van der Waals surface area (Å²) in [7, 11) is 1.55. The molecule has 0 spiro atoms. The monoisotopic (exact) mass is 306 g/mol. The van der Waals surface area contributed by atoms with Crippen LogP contribution in [0.15, 0.2) is 41.6 Å². The maximum Gasteiger partial charge on any atom is 0.173 e. The zero-order valence-corrected chi connectivity index (χ0v) is 12.4. The van der Waals surface area contributed by atoms with E-state index in [1.165, 1.54) is 0 Å². The number of ether oxygens (including phenoxy) is 2. The van der Waals surface area contributed by atoms with Gasteiger partial charge in [-0.1, -0.05) is 22.8 Å². The molecule has 5 nitrogen and oxygen atoms in total. The molecule has 21 heavy (non-hydrogen) atoms. The van der Waals surface area contributed by atoms with Crippen LogP contribution >= 0.6 is 11.6 Å². The fraction of sp³-hybridized carbons (Fsp3) is 0.133. The quantitative estimate of drug-likeness (QED) is 0.392. The van der Waals surface area contributed by atoms with E-state index >= 15 is 0 Å². The van der Waals surface area contributed by atoms with Crippen LogP contribution in [-0.2, 0) is 0 Å². The van der Waals surface area contributed by atoms with Crippen LogP contribution in [0, 0.1) is 6.92 Å². The van der Waals surface area contributed by atoms with Crippen molar-refractivity contribution in [3.05, 3.63) is 52.5 Å². The Morgan fingerprint density at radius 2 is 1.95 bits per heavy atom. The van der Waals surface area contributed by atoms with Gasteiger partial charge in [-0.3, -0.25) is 0 Å². The lowest BCUT2D eigenvalue weighted by molar-refractivity contribution is 0.318. The number of hydrogen-bond donors (Lipinski definition) is 2. The van der Waals surface area contributed by atoms with E-state index in [0.717, 1.165) is 5.56 Å². The lowest BCUT2D eigenvalue weighted by Crippen LogP contribution is -2.14. The van der Waals surface area contributed by atoms with Crippen molar-refractivity contribution in [3.8, 4) is 17.2 Å². The van der Waals surface area contributed by atoms with Crippen molar-refractivity contribution in [3.63, 3.8) is 0 Å². The first-order valence-corrected chi connectivity index (χ1v) is 6.53. The molecule has 0 aromatic heterocycles. The predicted molar refractivity (Wildman–Crippen MR) is 81.8 cm³/mol. The number of nitrogens with two attached hydrogens (primary N) is 1. The van der Waals surface area contributed by atoms with Crippen molar-refractivity contribution in [2.75, 3.05) is 7.11 Å². The van der Waals surface area contributed by atoms with E-state index in [4.69, 9.17) is 32.0 Å². The number of amidine groups is 1. The molecule has 0 fully saturated rings. The van der Waals surface area contributed by atoms with Gasteiger partial charge < -0.3 is 20.4 Å². The fourth-order valence-electron chi connectivity index (χ4n) is 1.78.